The lowest BCUT2D eigenvalue weighted by atomic mass is 10.1. The van der Waals surface area contributed by atoms with Crippen molar-refractivity contribution >= 4 is 11.8 Å². The van der Waals surface area contributed by atoms with E-state index in [0.29, 0.717) is 13.0 Å². The fraction of sp³-hybridized carbons (Fsp3) is 0.667. The quantitative estimate of drug-likeness (QED) is 0.409. The summed E-state index contributed by atoms with van der Waals surface area (Å²) in [5.41, 5.74) is 8.13. The number of nitrogens with one attached hydrogen (secondary N) is 1. The largest absolute Gasteiger partial charge is 0.481 e. The predicted molar refractivity (Wildman–Crippen MR) is 96.4 cm³/mol. The molecule has 0 bridgehead atoms. The molecule has 0 saturated heterocycles. The van der Waals surface area contributed by atoms with Crippen molar-refractivity contribution < 1.29 is 18.7 Å². The lowest BCUT2D eigenvalue weighted by Crippen LogP contribution is -2.45. The van der Waals surface area contributed by atoms with E-state index in [1.165, 1.54) is 10.5 Å². The Bertz CT molecular complexity index is 586. The number of hydrogen-bond acceptors (Lipinski definition) is 5. The average Bonchev–Trinajstić information content (AvgIpc) is 2.61. The summed E-state index contributed by atoms with van der Waals surface area (Å²) in [5, 5.41) is 12.0. The first kappa shape index (κ1) is 20.5. The molecule has 146 valence electrons. The van der Waals surface area contributed by atoms with Crippen molar-refractivity contribution in [2.75, 3.05) is 25.0 Å². The molecule has 1 unspecified atom stereocenters. The van der Waals surface area contributed by atoms with Gasteiger partial charge in [0.25, 0.3) is 6.43 Å². The van der Waals surface area contributed by atoms with Gasteiger partial charge in [0, 0.05) is 18.7 Å². The molecule has 0 fully saturated rings. The number of pyridine rings is 1. The lowest BCUT2D eigenvalue weighted by molar-refractivity contribution is -0.137. The molecule has 0 spiro atoms. The fourth-order valence-corrected chi connectivity index (χ4v) is 3.15. The van der Waals surface area contributed by atoms with Crippen LogP contribution in [-0.4, -0.2) is 53.2 Å². The monoisotopic (exact) mass is 370 g/mol. The Morgan fingerprint density at radius 1 is 1.38 bits per heavy atom. The van der Waals surface area contributed by atoms with Gasteiger partial charge in [0.2, 0.25) is 0 Å². The van der Waals surface area contributed by atoms with Gasteiger partial charge in [-0.3, -0.25) is 9.69 Å². The molecule has 1 aromatic rings. The Labute approximate surface area is 152 Å². The van der Waals surface area contributed by atoms with E-state index in [1.54, 1.807) is 0 Å². The van der Waals surface area contributed by atoms with E-state index in [4.69, 9.17) is 10.8 Å². The molecule has 26 heavy (non-hydrogen) atoms. The van der Waals surface area contributed by atoms with E-state index in [2.05, 4.69) is 16.4 Å². The van der Waals surface area contributed by atoms with E-state index >= 15 is 0 Å². The van der Waals surface area contributed by atoms with E-state index in [1.807, 2.05) is 6.07 Å². The molecular weight excluding hydrogens is 342 g/mol. The second kappa shape index (κ2) is 10.4. The molecule has 0 aliphatic carbocycles. The second-order valence-electron chi connectivity index (χ2n) is 6.68. The number of alkyl halides is 2. The lowest BCUT2D eigenvalue weighted by Gasteiger charge is -2.28. The number of carboxylic acid groups (broad SMARTS) is 1. The van der Waals surface area contributed by atoms with Crippen molar-refractivity contribution in [3.05, 3.63) is 23.4 Å². The number of carbonyl (C=O) groups is 1. The summed E-state index contributed by atoms with van der Waals surface area (Å²) in [6.45, 7) is 0.941. The number of fused-ring (bicyclic) bond motifs is 1. The highest BCUT2D eigenvalue weighted by atomic mass is 19.3. The van der Waals surface area contributed by atoms with Crippen molar-refractivity contribution in [3.8, 4) is 0 Å². The van der Waals surface area contributed by atoms with Crippen LogP contribution in [0.1, 0.15) is 43.4 Å². The maximum Gasteiger partial charge on any atom is 0.303 e. The summed E-state index contributed by atoms with van der Waals surface area (Å²) in [5.74, 6) is -0.00619. The van der Waals surface area contributed by atoms with E-state index in [9.17, 15) is 13.6 Å². The first-order valence-corrected chi connectivity index (χ1v) is 9.18. The van der Waals surface area contributed by atoms with Crippen LogP contribution in [0.4, 0.5) is 14.6 Å². The molecule has 0 aromatic carbocycles. The Morgan fingerprint density at radius 2 is 2.19 bits per heavy atom. The average molecular weight is 370 g/mol. The zero-order chi connectivity index (χ0) is 18.9. The van der Waals surface area contributed by atoms with Crippen molar-refractivity contribution in [1.29, 1.82) is 0 Å². The number of halogens is 2. The number of aromatic nitrogens is 1. The topological polar surface area (TPSA) is 91.5 Å². The minimum Gasteiger partial charge on any atom is -0.481 e. The molecule has 6 nitrogen and oxygen atoms in total. The number of aryl methyl sites for hydroxylation is 2. The number of anilines is 1. The number of hydrogen-bond donors (Lipinski definition) is 3. The van der Waals surface area contributed by atoms with Crippen LogP contribution in [0, 0.1) is 0 Å². The highest BCUT2D eigenvalue weighted by molar-refractivity contribution is 5.66. The summed E-state index contributed by atoms with van der Waals surface area (Å²) < 4.78 is 25.5. The second-order valence-corrected chi connectivity index (χ2v) is 6.68. The maximum atomic E-state index is 12.7. The molecule has 0 radical (unpaired) electrons. The number of nitrogens with zero attached hydrogens (tertiary/aromatic N) is 2. The third-order valence-corrected chi connectivity index (χ3v) is 4.58. The SMILES string of the molecule is NC(CCC(=O)O)N(CCCCc1ccc2c(n1)NCCC2)CC(F)F. The third-order valence-electron chi connectivity index (χ3n) is 4.58. The van der Waals surface area contributed by atoms with Crippen molar-refractivity contribution in [1.82, 2.24) is 9.88 Å². The number of aliphatic carboxylic acids is 1. The number of rotatable bonds is 11. The van der Waals surface area contributed by atoms with Crippen LogP contribution in [-0.2, 0) is 17.6 Å². The van der Waals surface area contributed by atoms with Gasteiger partial charge in [0.05, 0.1) is 12.7 Å². The first-order chi connectivity index (χ1) is 12.5. The molecule has 0 saturated carbocycles. The molecule has 2 heterocycles. The minimum atomic E-state index is -2.49. The zero-order valence-electron chi connectivity index (χ0n) is 15.0. The Kier molecular flexibility index (Phi) is 8.18. The summed E-state index contributed by atoms with van der Waals surface area (Å²) in [6.07, 6.45) is 1.37. The molecule has 1 aromatic heterocycles. The Hall–Kier alpha value is -1.80. The van der Waals surface area contributed by atoms with Crippen LogP contribution >= 0.6 is 0 Å². The maximum absolute atomic E-state index is 12.7. The molecule has 1 atom stereocenters. The van der Waals surface area contributed by atoms with Gasteiger partial charge in [-0.1, -0.05) is 6.07 Å². The molecule has 2 rings (SSSR count). The smallest absolute Gasteiger partial charge is 0.303 e. The van der Waals surface area contributed by atoms with Crippen LogP contribution < -0.4 is 11.1 Å². The van der Waals surface area contributed by atoms with Crippen molar-refractivity contribution in [2.24, 2.45) is 5.73 Å². The molecule has 1 aliphatic rings. The normalized spacial score (nSPS) is 15.0. The van der Waals surface area contributed by atoms with E-state index < -0.39 is 25.1 Å². The van der Waals surface area contributed by atoms with Crippen LogP contribution in [0.15, 0.2) is 12.1 Å². The number of nitrogens with two attached hydrogens (primary N) is 1. The Morgan fingerprint density at radius 3 is 2.92 bits per heavy atom. The standard InChI is InChI=1S/C18H28F2N4O2/c19-15(20)12-24(16(21)8-9-17(25)26)11-2-1-5-14-7-6-13-4-3-10-22-18(13)23-14/h6-7,15-16H,1-5,8-12,21H2,(H,22,23)(H,25,26). The minimum absolute atomic E-state index is 0.118. The fourth-order valence-electron chi connectivity index (χ4n) is 3.15. The van der Waals surface area contributed by atoms with Gasteiger partial charge in [0.15, 0.2) is 0 Å². The molecule has 8 heteroatoms. The van der Waals surface area contributed by atoms with Crippen molar-refractivity contribution in [3.63, 3.8) is 0 Å². The molecular formula is C18H28F2N4O2. The van der Waals surface area contributed by atoms with Crippen LogP contribution in [0.25, 0.3) is 0 Å². The summed E-state index contributed by atoms with van der Waals surface area (Å²) in [4.78, 5) is 16.7. The van der Waals surface area contributed by atoms with Gasteiger partial charge in [-0.2, -0.15) is 0 Å². The van der Waals surface area contributed by atoms with Crippen LogP contribution in [0.5, 0.6) is 0 Å². The molecule has 1 aliphatic heterocycles. The predicted octanol–water partition coefficient (Wildman–Crippen LogP) is 2.48. The third kappa shape index (κ3) is 6.84. The van der Waals surface area contributed by atoms with Crippen molar-refractivity contribution in [2.45, 2.75) is 57.5 Å². The highest BCUT2D eigenvalue weighted by Crippen LogP contribution is 2.20. The van der Waals surface area contributed by atoms with Crippen LogP contribution in [0.2, 0.25) is 0 Å². The Balaban J connectivity index is 1.78. The number of carboxylic acids is 1. The molecule has 4 N–H and O–H groups in total. The van der Waals surface area contributed by atoms with Gasteiger partial charge in [-0.25, -0.2) is 13.8 Å². The molecule has 0 amide bonds. The van der Waals surface area contributed by atoms with Gasteiger partial charge in [0.1, 0.15) is 5.82 Å². The van der Waals surface area contributed by atoms with E-state index in [0.717, 1.165) is 43.7 Å². The zero-order valence-corrected chi connectivity index (χ0v) is 15.0. The first-order valence-electron chi connectivity index (χ1n) is 9.18. The van der Waals surface area contributed by atoms with Crippen LogP contribution in [0.3, 0.4) is 0 Å². The van der Waals surface area contributed by atoms with Gasteiger partial charge < -0.3 is 16.2 Å². The van der Waals surface area contributed by atoms with E-state index in [-0.39, 0.29) is 12.8 Å². The summed E-state index contributed by atoms with van der Waals surface area (Å²) >= 11 is 0. The van der Waals surface area contributed by atoms with Gasteiger partial charge in [-0.05, 0) is 56.7 Å². The van der Waals surface area contributed by atoms with Gasteiger partial charge >= 0.3 is 5.97 Å². The number of unbranched alkanes of at least 4 members (excludes halogenated alkanes) is 1. The summed E-state index contributed by atoms with van der Waals surface area (Å²) in [7, 11) is 0. The summed E-state index contributed by atoms with van der Waals surface area (Å²) in [6, 6.07) is 4.14. The van der Waals surface area contributed by atoms with Gasteiger partial charge in [-0.15, -0.1) is 0 Å². The highest BCUT2D eigenvalue weighted by Gasteiger charge is 2.19.